The molecule has 1 aliphatic rings. The molecule has 1 aromatic carbocycles. The molecule has 2 aromatic rings. The van der Waals surface area contributed by atoms with Gasteiger partial charge >= 0.3 is 5.97 Å². The molecule has 1 atom stereocenters. The van der Waals surface area contributed by atoms with E-state index in [1.807, 2.05) is 0 Å². The van der Waals surface area contributed by atoms with Crippen molar-refractivity contribution in [3.05, 3.63) is 53.2 Å². The average Bonchev–Trinajstić information content (AvgIpc) is 2.68. The number of carbonyl (C=O) groups excluding carboxylic acids is 2. The highest BCUT2D eigenvalue weighted by Crippen LogP contribution is 2.31. The third-order valence-electron chi connectivity index (χ3n) is 3.62. The molecule has 0 spiro atoms. The summed E-state index contributed by atoms with van der Waals surface area (Å²) in [4.78, 5) is 27.9. The molecule has 0 saturated carbocycles. The minimum atomic E-state index is -0.986. The van der Waals surface area contributed by atoms with E-state index in [0.29, 0.717) is 35.6 Å². The Hall–Kier alpha value is -3.06. The molecule has 7 nitrogen and oxygen atoms in total. The van der Waals surface area contributed by atoms with Crippen molar-refractivity contribution in [2.45, 2.75) is 13.0 Å². The lowest BCUT2D eigenvalue weighted by molar-refractivity contribution is -0.148. The second kappa shape index (κ2) is 8.55. The topological polar surface area (TPSA) is 86.8 Å². The molecule has 27 heavy (non-hydrogen) atoms. The number of hydrogen-bond donors (Lipinski definition) is 1. The third kappa shape index (κ3) is 5.21. The number of anilines is 1. The van der Waals surface area contributed by atoms with E-state index in [0.717, 1.165) is 5.56 Å². The van der Waals surface area contributed by atoms with Gasteiger partial charge in [0.05, 0.1) is 5.02 Å². The minimum absolute atomic E-state index is 0.319. The van der Waals surface area contributed by atoms with Gasteiger partial charge in [-0.25, -0.2) is 9.78 Å². The van der Waals surface area contributed by atoms with Crippen molar-refractivity contribution in [1.82, 2.24) is 4.98 Å². The van der Waals surface area contributed by atoms with Crippen molar-refractivity contribution in [1.29, 1.82) is 0 Å². The van der Waals surface area contributed by atoms with Crippen molar-refractivity contribution < 1.29 is 23.8 Å². The van der Waals surface area contributed by atoms with Crippen LogP contribution in [0.1, 0.15) is 12.5 Å². The van der Waals surface area contributed by atoms with E-state index in [4.69, 9.17) is 25.8 Å². The number of nitrogens with zero attached hydrogens (tertiary/aromatic N) is 1. The van der Waals surface area contributed by atoms with Gasteiger partial charge in [0, 0.05) is 12.3 Å². The summed E-state index contributed by atoms with van der Waals surface area (Å²) in [6, 6.07) is 8.47. The van der Waals surface area contributed by atoms with E-state index >= 15 is 0 Å². The zero-order valence-electron chi connectivity index (χ0n) is 14.5. The van der Waals surface area contributed by atoms with Crippen molar-refractivity contribution >= 4 is 35.4 Å². The first kappa shape index (κ1) is 18.7. The number of hydrogen-bond acceptors (Lipinski definition) is 6. The fourth-order valence-electron chi connectivity index (χ4n) is 2.27. The van der Waals surface area contributed by atoms with E-state index in [-0.39, 0.29) is 0 Å². The quantitative estimate of drug-likeness (QED) is 0.625. The monoisotopic (exact) mass is 388 g/mol. The van der Waals surface area contributed by atoms with E-state index in [1.165, 1.54) is 19.2 Å². The van der Waals surface area contributed by atoms with Crippen LogP contribution in [-0.2, 0) is 14.3 Å². The Kier molecular flexibility index (Phi) is 5.93. The molecular weight excluding hydrogens is 372 g/mol. The van der Waals surface area contributed by atoms with E-state index in [1.54, 1.807) is 36.4 Å². The van der Waals surface area contributed by atoms with Crippen LogP contribution in [0.4, 0.5) is 5.82 Å². The summed E-state index contributed by atoms with van der Waals surface area (Å²) in [6.07, 6.45) is 3.24. The van der Waals surface area contributed by atoms with E-state index < -0.39 is 18.0 Å². The Balaban J connectivity index is 1.54. The number of esters is 1. The first-order chi connectivity index (χ1) is 13.0. The standard InChI is InChI=1S/C19H17ClN2O5/c1-12(19(24)22-17-6-4-14(20)11-21-17)27-18(23)7-3-13-2-5-15-16(10-13)26-9-8-25-15/h2-7,10-12H,8-9H2,1H3,(H,21,22,24)/b7-3+/t12-/m0/s1. The van der Waals surface area contributed by atoms with Crippen LogP contribution in [0.5, 0.6) is 11.5 Å². The molecule has 0 bridgehead atoms. The van der Waals surface area contributed by atoms with Crippen LogP contribution >= 0.6 is 11.6 Å². The lowest BCUT2D eigenvalue weighted by Crippen LogP contribution is -2.29. The molecule has 0 unspecified atom stereocenters. The lowest BCUT2D eigenvalue weighted by atomic mass is 10.2. The number of nitrogens with one attached hydrogen (secondary N) is 1. The Morgan fingerprint density at radius 3 is 2.74 bits per heavy atom. The summed E-state index contributed by atoms with van der Waals surface area (Å²) in [6.45, 7) is 2.47. The Labute approximate surface area is 160 Å². The van der Waals surface area contributed by atoms with Gasteiger partial charge in [0.25, 0.3) is 5.91 Å². The number of rotatable bonds is 5. The molecule has 1 N–H and O–H groups in total. The number of benzene rings is 1. The number of ether oxygens (including phenoxy) is 3. The molecule has 1 aromatic heterocycles. The van der Waals surface area contributed by atoms with E-state index in [9.17, 15) is 9.59 Å². The molecular formula is C19H17ClN2O5. The molecule has 0 radical (unpaired) electrons. The predicted molar refractivity (Wildman–Crippen MR) is 99.9 cm³/mol. The van der Waals surface area contributed by atoms with Gasteiger partial charge in [-0.15, -0.1) is 0 Å². The molecule has 2 heterocycles. The van der Waals surface area contributed by atoms with Crippen LogP contribution in [0.3, 0.4) is 0 Å². The molecule has 140 valence electrons. The first-order valence-corrected chi connectivity index (χ1v) is 8.60. The molecule has 3 rings (SSSR count). The van der Waals surface area contributed by atoms with Crippen molar-refractivity contribution in [2.24, 2.45) is 0 Å². The third-order valence-corrected chi connectivity index (χ3v) is 3.84. The summed E-state index contributed by atoms with van der Waals surface area (Å²) in [5, 5.41) is 3.00. The van der Waals surface area contributed by atoms with E-state index in [2.05, 4.69) is 10.3 Å². The number of amides is 1. The number of pyridine rings is 1. The number of aromatic nitrogens is 1. The smallest absolute Gasteiger partial charge is 0.331 e. The molecule has 1 amide bonds. The van der Waals surface area contributed by atoms with Crippen LogP contribution in [-0.4, -0.2) is 36.2 Å². The Morgan fingerprint density at radius 2 is 2.00 bits per heavy atom. The molecule has 0 aliphatic carbocycles. The zero-order chi connectivity index (χ0) is 19.2. The maximum absolute atomic E-state index is 12.1. The van der Waals surface area contributed by atoms with Crippen LogP contribution in [0.25, 0.3) is 6.08 Å². The number of halogens is 1. The van der Waals surface area contributed by atoms with Crippen molar-refractivity contribution in [2.75, 3.05) is 18.5 Å². The fourth-order valence-corrected chi connectivity index (χ4v) is 2.38. The largest absolute Gasteiger partial charge is 0.486 e. The van der Waals surface area contributed by atoms with Gasteiger partial charge in [-0.2, -0.15) is 0 Å². The summed E-state index contributed by atoms with van der Waals surface area (Å²) >= 11 is 5.74. The highest BCUT2D eigenvalue weighted by molar-refractivity contribution is 6.30. The van der Waals surface area contributed by atoms with Crippen molar-refractivity contribution in [3.63, 3.8) is 0 Å². The second-order valence-electron chi connectivity index (χ2n) is 5.67. The van der Waals surface area contributed by atoms with Gasteiger partial charge in [-0.3, -0.25) is 4.79 Å². The maximum atomic E-state index is 12.1. The second-order valence-corrected chi connectivity index (χ2v) is 6.10. The minimum Gasteiger partial charge on any atom is -0.486 e. The van der Waals surface area contributed by atoms with Gasteiger partial charge in [0.2, 0.25) is 0 Å². The molecule has 0 fully saturated rings. The lowest BCUT2D eigenvalue weighted by Gasteiger charge is -2.18. The van der Waals surface area contributed by atoms with Crippen LogP contribution < -0.4 is 14.8 Å². The Morgan fingerprint density at radius 1 is 1.22 bits per heavy atom. The van der Waals surface area contributed by atoms with Gasteiger partial charge in [-0.05, 0) is 42.8 Å². The molecule has 0 saturated heterocycles. The fraction of sp³-hybridized carbons (Fsp3) is 0.211. The summed E-state index contributed by atoms with van der Waals surface area (Å²) in [5.41, 5.74) is 0.749. The predicted octanol–water partition coefficient (Wildman–Crippen LogP) is 3.09. The van der Waals surface area contributed by atoms with Crippen LogP contribution in [0.2, 0.25) is 5.02 Å². The number of fused-ring (bicyclic) bond motifs is 1. The molecule has 1 aliphatic heterocycles. The van der Waals surface area contributed by atoms with Gasteiger partial charge in [0.1, 0.15) is 19.0 Å². The maximum Gasteiger partial charge on any atom is 0.331 e. The molecule has 8 heteroatoms. The Bertz CT molecular complexity index is 867. The van der Waals surface area contributed by atoms with Crippen LogP contribution in [0.15, 0.2) is 42.6 Å². The number of carbonyl (C=O) groups is 2. The average molecular weight is 389 g/mol. The summed E-state index contributed by atoms with van der Waals surface area (Å²) < 4.78 is 16.0. The summed E-state index contributed by atoms with van der Waals surface area (Å²) in [5.74, 6) is 0.476. The van der Waals surface area contributed by atoms with Gasteiger partial charge in [0.15, 0.2) is 17.6 Å². The first-order valence-electron chi connectivity index (χ1n) is 8.22. The van der Waals surface area contributed by atoms with Crippen molar-refractivity contribution in [3.8, 4) is 11.5 Å². The summed E-state index contributed by atoms with van der Waals surface area (Å²) in [7, 11) is 0. The normalized spacial score (nSPS) is 13.9. The zero-order valence-corrected chi connectivity index (χ0v) is 15.2. The van der Waals surface area contributed by atoms with Gasteiger partial charge in [-0.1, -0.05) is 17.7 Å². The van der Waals surface area contributed by atoms with Gasteiger partial charge < -0.3 is 19.5 Å². The SMILES string of the molecule is C[C@H](OC(=O)/C=C/c1ccc2c(c1)OCCO2)C(=O)Nc1ccc(Cl)cn1. The highest BCUT2D eigenvalue weighted by atomic mass is 35.5. The highest BCUT2D eigenvalue weighted by Gasteiger charge is 2.17. The van der Waals surface area contributed by atoms with Crippen LogP contribution in [0, 0.1) is 0 Å².